The summed E-state index contributed by atoms with van der Waals surface area (Å²) in [6.45, 7) is 6.31. The summed E-state index contributed by atoms with van der Waals surface area (Å²) < 4.78 is 26.6. The van der Waals surface area contributed by atoms with Crippen LogP contribution in [0.5, 0.6) is 0 Å². The van der Waals surface area contributed by atoms with Crippen molar-refractivity contribution < 1.29 is 8.42 Å². The maximum absolute atomic E-state index is 12.5. The Kier molecular flexibility index (Phi) is 8.76. The van der Waals surface area contributed by atoms with E-state index in [0.29, 0.717) is 13.1 Å². The first-order chi connectivity index (χ1) is 12.0. The molecule has 26 heavy (non-hydrogen) atoms. The minimum absolute atomic E-state index is 0. The lowest BCUT2D eigenvalue weighted by molar-refractivity contribution is 0.414. The summed E-state index contributed by atoms with van der Waals surface area (Å²) >= 11 is 0. The van der Waals surface area contributed by atoms with E-state index in [2.05, 4.69) is 24.0 Å². The number of hydrogen-bond donors (Lipinski definition) is 2. The molecule has 1 aliphatic rings. The zero-order valence-corrected chi connectivity index (χ0v) is 17.4. The first-order valence-corrected chi connectivity index (χ1v) is 10.8. The zero-order chi connectivity index (χ0) is 18.4. The van der Waals surface area contributed by atoms with E-state index in [0.717, 1.165) is 42.3 Å². The molecule has 3 rings (SSSR count). The fourth-order valence-electron chi connectivity index (χ4n) is 3.13. The van der Waals surface area contributed by atoms with Gasteiger partial charge in [-0.3, -0.25) is 0 Å². The van der Waals surface area contributed by atoms with Crippen molar-refractivity contribution in [2.24, 2.45) is 0 Å². The first kappa shape index (κ1) is 22.6. The number of rotatable bonds is 6. The molecule has 7 heteroatoms. The SMILES string of the molecule is CC.CN(C)CCc1c[nH]c2ccc(CS(=O)(=O)N3CCCC3)cc12.N. The second-order valence-corrected chi connectivity index (χ2v) is 8.58. The zero-order valence-electron chi connectivity index (χ0n) is 16.6. The fourth-order valence-corrected chi connectivity index (χ4v) is 4.73. The first-order valence-electron chi connectivity index (χ1n) is 9.17. The summed E-state index contributed by atoms with van der Waals surface area (Å²) in [4.78, 5) is 5.43. The van der Waals surface area contributed by atoms with E-state index < -0.39 is 10.0 Å². The maximum atomic E-state index is 12.5. The Bertz CT molecular complexity index is 778. The van der Waals surface area contributed by atoms with E-state index in [1.165, 1.54) is 5.56 Å². The number of sulfonamides is 1. The normalized spacial score (nSPS) is 15.0. The Morgan fingerprint density at radius 2 is 1.81 bits per heavy atom. The fraction of sp³-hybridized carbons (Fsp3) is 0.579. The van der Waals surface area contributed by atoms with Gasteiger partial charge >= 0.3 is 0 Å². The van der Waals surface area contributed by atoms with Gasteiger partial charge < -0.3 is 16.0 Å². The van der Waals surface area contributed by atoms with Crippen molar-refractivity contribution in [2.45, 2.75) is 38.9 Å². The molecule has 0 unspecified atom stereocenters. The molecule has 6 nitrogen and oxygen atoms in total. The van der Waals surface area contributed by atoms with Crippen molar-refractivity contribution >= 4 is 20.9 Å². The van der Waals surface area contributed by atoms with Crippen molar-refractivity contribution in [1.29, 1.82) is 0 Å². The summed E-state index contributed by atoms with van der Waals surface area (Å²) in [7, 11) is 0.928. The number of hydrogen-bond acceptors (Lipinski definition) is 4. The molecular weight excluding hydrogens is 348 g/mol. The van der Waals surface area contributed by atoms with Gasteiger partial charge in [-0.1, -0.05) is 19.9 Å². The molecule has 1 aromatic carbocycles. The van der Waals surface area contributed by atoms with Gasteiger partial charge in [-0.2, -0.15) is 0 Å². The van der Waals surface area contributed by atoms with Crippen LogP contribution < -0.4 is 6.15 Å². The largest absolute Gasteiger partial charge is 0.361 e. The molecule has 0 saturated carbocycles. The summed E-state index contributed by atoms with van der Waals surface area (Å²) in [5.74, 6) is 0.0985. The van der Waals surface area contributed by atoms with Gasteiger partial charge in [-0.25, -0.2) is 12.7 Å². The lowest BCUT2D eigenvalue weighted by Gasteiger charge is -2.15. The Morgan fingerprint density at radius 1 is 1.15 bits per heavy atom. The summed E-state index contributed by atoms with van der Waals surface area (Å²) in [6.07, 6.45) is 4.94. The molecule has 4 N–H and O–H groups in total. The van der Waals surface area contributed by atoms with Crippen molar-refractivity contribution in [3.63, 3.8) is 0 Å². The van der Waals surface area contributed by atoms with Crippen molar-refractivity contribution in [3.8, 4) is 0 Å². The van der Waals surface area contributed by atoms with Crippen molar-refractivity contribution in [1.82, 2.24) is 20.3 Å². The summed E-state index contributed by atoms with van der Waals surface area (Å²) in [5, 5.41) is 1.14. The van der Waals surface area contributed by atoms with Crippen LogP contribution in [-0.4, -0.2) is 56.3 Å². The van der Waals surface area contributed by atoms with Crippen LogP contribution in [-0.2, 0) is 22.2 Å². The minimum Gasteiger partial charge on any atom is -0.361 e. The van der Waals surface area contributed by atoms with E-state index in [9.17, 15) is 8.42 Å². The molecule has 148 valence electrons. The molecule has 1 aliphatic heterocycles. The van der Waals surface area contributed by atoms with Gasteiger partial charge in [-0.15, -0.1) is 0 Å². The van der Waals surface area contributed by atoms with E-state index in [1.807, 2.05) is 38.2 Å². The maximum Gasteiger partial charge on any atom is 0.218 e. The molecule has 1 aromatic heterocycles. The highest BCUT2D eigenvalue weighted by Crippen LogP contribution is 2.23. The number of fused-ring (bicyclic) bond motifs is 1. The monoisotopic (exact) mass is 382 g/mol. The highest BCUT2D eigenvalue weighted by atomic mass is 32.2. The number of likely N-dealkylation sites (N-methyl/N-ethyl adjacent to an activating group) is 1. The molecule has 0 spiro atoms. The highest BCUT2D eigenvalue weighted by Gasteiger charge is 2.25. The third-order valence-electron chi connectivity index (χ3n) is 4.47. The van der Waals surface area contributed by atoms with Crippen molar-refractivity contribution in [2.75, 3.05) is 33.7 Å². The van der Waals surface area contributed by atoms with Gasteiger partial charge in [0.1, 0.15) is 0 Å². The number of nitrogens with one attached hydrogen (secondary N) is 1. The highest BCUT2D eigenvalue weighted by molar-refractivity contribution is 7.88. The van der Waals surface area contributed by atoms with Gasteiger partial charge in [0.2, 0.25) is 10.0 Å². The number of benzene rings is 1. The lowest BCUT2D eigenvalue weighted by Crippen LogP contribution is -2.29. The Morgan fingerprint density at radius 3 is 2.42 bits per heavy atom. The molecule has 1 saturated heterocycles. The van der Waals surface area contributed by atoms with E-state index in [1.54, 1.807) is 4.31 Å². The molecule has 0 amide bonds. The molecule has 0 aliphatic carbocycles. The van der Waals surface area contributed by atoms with Crippen LogP contribution in [0.1, 0.15) is 37.8 Å². The van der Waals surface area contributed by atoms with Crippen molar-refractivity contribution in [3.05, 3.63) is 35.5 Å². The number of aromatic nitrogens is 1. The van der Waals surface area contributed by atoms with E-state index >= 15 is 0 Å². The van der Waals surface area contributed by atoms with Crippen LogP contribution in [0, 0.1) is 0 Å². The predicted molar refractivity (Wildman–Crippen MR) is 110 cm³/mol. The molecule has 2 aromatic rings. The summed E-state index contributed by atoms with van der Waals surface area (Å²) in [5.41, 5.74) is 3.19. The Labute approximate surface area is 158 Å². The number of nitrogens with zero attached hydrogens (tertiary/aromatic N) is 2. The van der Waals surface area contributed by atoms with Crippen LogP contribution >= 0.6 is 0 Å². The third-order valence-corrected chi connectivity index (χ3v) is 6.32. The smallest absolute Gasteiger partial charge is 0.218 e. The van der Waals surface area contributed by atoms with Crippen LogP contribution in [0.2, 0.25) is 0 Å². The molecule has 2 heterocycles. The van der Waals surface area contributed by atoms with Gasteiger partial charge in [0.05, 0.1) is 5.75 Å². The second-order valence-electron chi connectivity index (χ2n) is 6.61. The predicted octanol–water partition coefficient (Wildman–Crippen LogP) is 3.39. The van der Waals surface area contributed by atoms with Crippen LogP contribution in [0.15, 0.2) is 24.4 Å². The Balaban J connectivity index is 0.00000109. The molecule has 0 bridgehead atoms. The topological polar surface area (TPSA) is 91.4 Å². The van der Waals surface area contributed by atoms with E-state index in [4.69, 9.17) is 0 Å². The van der Waals surface area contributed by atoms with Crippen LogP contribution in [0.4, 0.5) is 0 Å². The van der Waals surface area contributed by atoms with E-state index in [-0.39, 0.29) is 11.9 Å². The standard InChI is InChI=1S/C17H25N3O2S.C2H6.H3N/c1-19(2)10-7-15-12-18-17-6-5-14(11-16(15)17)13-23(21,22)20-8-3-4-9-20;1-2;/h5-6,11-12,18H,3-4,7-10,13H2,1-2H3;1-2H3;1H3. The van der Waals surface area contributed by atoms with Gasteiger partial charge in [0.15, 0.2) is 0 Å². The van der Waals surface area contributed by atoms with Gasteiger partial charge in [0.25, 0.3) is 0 Å². The Hall–Kier alpha value is -1.41. The quantitative estimate of drug-likeness (QED) is 0.801. The number of H-pyrrole nitrogens is 1. The van der Waals surface area contributed by atoms with Gasteiger partial charge in [0, 0.05) is 36.7 Å². The minimum atomic E-state index is -3.19. The second kappa shape index (κ2) is 10.1. The molecular formula is C19H34N4O2S. The average molecular weight is 383 g/mol. The number of aromatic amines is 1. The average Bonchev–Trinajstić information content (AvgIpc) is 3.24. The lowest BCUT2D eigenvalue weighted by atomic mass is 10.1. The third kappa shape index (κ3) is 5.54. The van der Waals surface area contributed by atoms with Crippen LogP contribution in [0.3, 0.4) is 0 Å². The van der Waals surface area contributed by atoms with Crippen LogP contribution in [0.25, 0.3) is 10.9 Å². The van der Waals surface area contributed by atoms with Gasteiger partial charge in [-0.05, 0) is 56.6 Å². The molecule has 1 fully saturated rings. The molecule has 0 atom stereocenters. The molecule has 0 radical (unpaired) electrons. The summed E-state index contributed by atoms with van der Waals surface area (Å²) in [6, 6.07) is 5.94.